The standard InChI is InChI=1S/C16H23NO2S/c1-4-19-15(18)16(17,13-7-8-13)10-20-14-9-11(2)5-6-12(14)3/h5-6,9,13H,4,7-8,10,17H2,1-3H3. The van der Waals surface area contributed by atoms with Crippen molar-refractivity contribution < 1.29 is 9.53 Å². The third-order valence-corrected chi connectivity index (χ3v) is 5.14. The third-order valence-electron chi connectivity index (χ3n) is 3.77. The second-order valence-electron chi connectivity index (χ2n) is 5.59. The van der Waals surface area contributed by atoms with Crippen LogP contribution < -0.4 is 5.73 Å². The van der Waals surface area contributed by atoms with Crippen molar-refractivity contribution in [1.82, 2.24) is 0 Å². The van der Waals surface area contributed by atoms with Gasteiger partial charge in [-0.1, -0.05) is 17.7 Å². The molecule has 3 nitrogen and oxygen atoms in total. The zero-order valence-corrected chi connectivity index (χ0v) is 13.3. The molecule has 4 heteroatoms. The first-order valence-electron chi connectivity index (χ1n) is 7.13. The van der Waals surface area contributed by atoms with Crippen molar-refractivity contribution in [3.8, 4) is 0 Å². The number of aryl methyl sites for hydroxylation is 2. The Morgan fingerprint density at radius 2 is 2.15 bits per heavy atom. The minimum atomic E-state index is -0.836. The predicted octanol–water partition coefficient (Wildman–Crippen LogP) is 3.07. The second-order valence-corrected chi connectivity index (χ2v) is 6.61. The number of hydrogen-bond acceptors (Lipinski definition) is 4. The lowest BCUT2D eigenvalue weighted by atomic mass is 9.97. The summed E-state index contributed by atoms with van der Waals surface area (Å²) in [6.07, 6.45) is 2.06. The quantitative estimate of drug-likeness (QED) is 0.647. The molecule has 1 unspecified atom stereocenters. The lowest BCUT2D eigenvalue weighted by Crippen LogP contribution is -2.53. The van der Waals surface area contributed by atoms with Gasteiger partial charge in [0.05, 0.1) is 6.61 Å². The molecule has 1 aromatic rings. The lowest BCUT2D eigenvalue weighted by Gasteiger charge is -2.27. The Balaban J connectivity index is 2.09. The van der Waals surface area contributed by atoms with E-state index >= 15 is 0 Å². The van der Waals surface area contributed by atoms with Crippen LogP contribution in [0.2, 0.25) is 0 Å². The van der Waals surface area contributed by atoms with Gasteiger partial charge in [-0.2, -0.15) is 0 Å². The van der Waals surface area contributed by atoms with Gasteiger partial charge in [0.15, 0.2) is 0 Å². The first-order chi connectivity index (χ1) is 9.47. The molecular weight excluding hydrogens is 270 g/mol. The highest BCUT2D eigenvalue weighted by Crippen LogP contribution is 2.42. The molecule has 1 fully saturated rings. The Morgan fingerprint density at radius 1 is 1.45 bits per heavy atom. The van der Waals surface area contributed by atoms with Gasteiger partial charge in [0.1, 0.15) is 5.54 Å². The molecule has 0 bridgehead atoms. The van der Waals surface area contributed by atoms with E-state index in [-0.39, 0.29) is 11.9 Å². The molecule has 1 aliphatic carbocycles. The van der Waals surface area contributed by atoms with E-state index in [1.807, 2.05) is 6.92 Å². The monoisotopic (exact) mass is 293 g/mol. The molecule has 1 aromatic carbocycles. The molecule has 0 spiro atoms. The maximum atomic E-state index is 12.2. The highest BCUT2D eigenvalue weighted by atomic mass is 32.2. The number of benzene rings is 1. The molecule has 0 heterocycles. The van der Waals surface area contributed by atoms with Crippen molar-refractivity contribution >= 4 is 17.7 Å². The summed E-state index contributed by atoms with van der Waals surface area (Å²) in [4.78, 5) is 13.4. The molecule has 1 atom stereocenters. The van der Waals surface area contributed by atoms with E-state index < -0.39 is 5.54 Å². The fraction of sp³-hybridized carbons (Fsp3) is 0.562. The van der Waals surface area contributed by atoms with E-state index in [0.29, 0.717) is 12.4 Å². The topological polar surface area (TPSA) is 52.3 Å². The summed E-state index contributed by atoms with van der Waals surface area (Å²) in [7, 11) is 0. The molecular formula is C16H23NO2S. The van der Waals surface area contributed by atoms with Crippen LogP contribution in [0.5, 0.6) is 0 Å². The Kier molecular flexibility index (Phi) is 4.76. The van der Waals surface area contributed by atoms with Crippen molar-refractivity contribution in [3.05, 3.63) is 29.3 Å². The van der Waals surface area contributed by atoms with Crippen LogP contribution in [0, 0.1) is 19.8 Å². The Bertz CT molecular complexity index is 499. The van der Waals surface area contributed by atoms with Crippen molar-refractivity contribution in [2.45, 2.75) is 44.0 Å². The maximum Gasteiger partial charge on any atom is 0.327 e. The fourth-order valence-corrected chi connectivity index (χ4v) is 3.58. The van der Waals surface area contributed by atoms with Gasteiger partial charge in [-0.15, -0.1) is 11.8 Å². The van der Waals surface area contributed by atoms with Crippen LogP contribution >= 0.6 is 11.8 Å². The first kappa shape index (κ1) is 15.4. The summed E-state index contributed by atoms with van der Waals surface area (Å²) in [6, 6.07) is 6.36. The van der Waals surface area contributed by atoms with E-state index in [0.717, 1.165) is 12.8 Å². The summed E-state index contributed by atoms with van der Waals surface area (Å²) < 4.78 is 5.17. The smallest absolute Gasteiger partial charge is 0.327 e. The van der Waals surface area contributed by atoms with Crippen LogP contribution in [-0.2, 0) is 9.53 Å². The van der Waals surface area contributed by atoms with E-state index in [1.165, 1.54) is 16.0 Å². The van der Waals surface area contributed by atoms with Crippen LogP contribution in [0.1, 0.15) is 30.9 Å². The Morgan fingerprint density at radius 3 is 2.75 bits per heavy atom. The predicted molar refractivity (Wildman–Crippen MR) is 82.9 cm³/mol. The summed E-state index contributed by atoms with van der Waals surface area (Å²) in [6.45, 7) is 6.37. The fourth-order valence-electron chi connectivity index (χ4n) is 2.27. The van der Waals surface area contributed by atoms with E-state index in [1.54, 1.807) is 11.8 Å². The highest BCUT2D eigenvalue weighted by molar-refractivity contribution is 7.99. The summed E-state index contributed by atoms with van der Waals surface area (Å²) in [5.41, 5.74) is 7.99. The van der Waals surface area contributed by atoms with Crippen LogP contribution in [0.15, 0.2) is 23.1 Å². The Labute approximate surface area is 125 Å². The van der Waals surface area contributed by atoms with Crippen LogP contribution in [0.25, 0.3) is 0 Å². The molecule has 0 aliphatic heterocycles. The molecule has 20 heavy (non-hydrogen) atoms. The molecule has 0 saturated heterocycles. The molecule has 2 N–H and O–H groups in total. The number of nitrogens with two attached hydrogens (primary N) is 1. The number of ether oxygens (including phenoxy) is 1. The van der Waals surface area contributed by atoms with Crippen LogP contribution in [0.3, 0.4) is 0 Å². The number of hydrogen-bond donors (Lipinski definition) is 1. The normalized spacial score (nSPS) is 17.6. The van der Waals surface area contributed by atoms with Crippen molar-refractivity contribution in [3.63, 3.8) is 0 Å². The van der Waals surface area contributed by atoms with Gasteiger partial charge in [0.2, 0.25) is 0 Å². The van der Waals surface area contributed by atoms with Gasteiger partial charge in [-0.3, -0.25) is 4.79 Å². The molecule has 0 amide bonds. The number of rotatable bonds is 6. The summed E-state index contributed by atoms with van der Waals surface area (Å²) >= 11 is 1.66. The largest absolute Gasteiger partial charge is 0.465 e. The van der Waals surface area contributed by atoms with Crippen molar-refractivity contribution in [2.24, 2.45) is 11.7 Å². The molecule has 0 radical (unpaired) electrons. The average Bonchev–Trinajstić information content (AvgIpc) is 3.24. The van der Waals surface area contributed by atoms with Gasteiger partial charge in [0, 0.05) is 10.6 Å². The average molecular weight is 293 g/mol. The minimum absolute atomic E-state index is 0.250. The van der Waals surface area contributed by atoms with E-state index in [9.17, 15) is 4.79 Å². The third kappa shape index (κ3) is 3.36. The van der Waals surface area contributed by atoms with E-state index in [4.69, 9.17) is 10.5 Å². The molecule has 1 saturated carbocycles. The van der Waals surface area contributed by atoms with E-state index in [2.05, 4.69) is 32.0 Å². The lowest BCUT2D eigenvalue weighted by molar-refractivity contribution is -0.149. The van der Waals surface area contributed by atoms with Crippen LogP contribution in [0.4, 0.5) is 0 Å². The summed E-state index contributed by atoms with van der Waals surface area (Å²) in [5, 5.41) is 0. The number of esters is 1. The number of carbonyl (C=O) groups excluding carboxylic acids is 1. The van der Waals surface area contributed by atoms with Crippen molar-refractivity contribution in [2.75, 3.05) is 12.4 Å². The van der Waals surface area contributed by atoms with Gasteiger partial charge < -0.3 is 10.5 Å². The molecule has 0 aromatic heterocycles. The van der Waals surface area contributed by atoms with Crippen molar-refractivity contribution in [1.29, 1.82) is 0 Å². The number of carbonyl (C=O) groups is 1. The van der Waals surface area contributed by atoms with Gasteiger partial charge in [-0.05, 0) is 51.2 Å². The first-order valence-corrected chi connectivity index (χ1v) is 8.12. The second kappa shape index (κ2) is 6.19. The maximum absolute atomic E-state index is 12.2. The van der Waals surface area contributed by atoms with Gasteiger partial charge in [-0.25, -0.2) is 0 Å². The molecule has 2 rings (SSSR count). The SMILES string of the molecule is CCOC(=O)C(N)(CSc1cc(C)ccc1C)C1CC1. The molecule has 1 aliphatic rings. The minimum Gasteiger partial charge on any atom is -0.465 e. The summed E-state index contributed by atoms with van der Waals surface area (Å²) in [5.74, 6) is 0.611. The zero-order valence-electron chi connectivity index (χ0n) is 12.4. The number of thioether (sulfide) groups is 1. The molecule has 110 valence electrons. The van der Waals surface area contributed by atoms with Gasteiger partial charge in [0.25, 0.3) is 0 Å². The van der Waals surface area contributed by atoms with Gasteiger partial charge >= 0.3 is 5.97 Å². The van der Waals surface area contributed by atoms with Crippen LogP contribution in [-0.4, -0.2) is 23.9 Å². The highest BCUT2D eigenvalue weighted by Gasteiger charge is 2.49. The zero-order chi connectivity index (χ0) is 14.8. The Hall–Kier alpha value is -1.00.